The molecule has 0 spiro atoms. The van der Waals surface area contributed by atoms with Crippen LogP contribution in [0, 0.1) is 0 Å². The van der Waals surface area contributed by atoms with Gasteiger partial charge in [0.05, 0.1) is 11.2 Å². The van der Waals surface area contributed by atoms with Gasteiger partial charge in [-0.15, -0.1) is 11.3 Å². The molecule has 1 aliphatic rings. The summed E-state index contributed by atoms with van der Waals surface area (Å²) in [4.78, 5) is 15.3. The van der Waals surface area contributed by atoms with Crippen LogP contribution in [0.3, 0.4) is 0 Å². The van der Waals surface area contributed by atoms with E-state index in [1.54, 1.807) is 28.5 Å². The van der Waals surface area contributed by atoms with Gasteiger partial charge in [0.25, 0.3) is 0 Å². The molecule has 0 bridgehead atoms. The highest BCUT2D eigenvalue weighted by atomic mass is 32.1. The molecule has 5 aromatic rings. The maximum Gasteiger partial charge on any atom is 0.176 e. The minimum atomic E-state index is 0.865. The zero-order valence-corrected chi connectivity index (χ0v) is 14.8. The van der Waals surface area contributed by atoms with Gasteiger partial charge in [-0.3, -0.25) is 0 Å². The number of aryl methyl sites for hydroxylation is 1. The summed E-state index contributed by atoms with van der Waals surface area (Å²) in [6, 6.07) is 10.5. The predicted molar refractivity (Wildman–Crippen MR) is 104 cm³/mol. The summed E-state index contributed by atoms with van der Waals surface area (Å²) in [5.74, 6) is 0. The normalized spacial score (nSPS) is 14.3. The fourth-order valence-electron chi connectivity index (χ4n) is 4.09. The number of hydrogen-bond acceptors (Lipinski definition) is 5. The van der Waals surface area contributed by atoms with E-state index in [1.807, 2.05) is 0 Å². The number of nitrogens with zero attached hydrogens (tertiary/aromatic N) is 5. The van der Waals surface area contributed by atoms with Crippen LogP contribution in [0.5, 0.6) is 0 Å². The van der Waals surface area contributed by atoms with Crippen molar-refractivity contribution >= 4 is 37.4 Å². The molecule has 0 amide bonds. The molecule has 0 saturated heterocycles. The molecule has 4 aromatic heterocycles. The Morgan fingerprint density at radius 3 is 2.69 bits per heavy atom. The molecule has 1 aromatic carbocycles. The van der Waals surface area contributed by atoms with Gasteiger partial charge < -0.3 is 0 Å². The molecule has 6 heteroatoms. The number of thiophene rings is 1. The smallest absolute Gasteiger partial charge is 0.176 e. The van der Waals surface area contributed by atoms with Crippen LogP contribution in [-0.4, -0.2) is 24.6 Å². The predicted octanol–water partition coefficient (Wildman–Crippen LogP) is 4.43. The standard InChI is InChI=1S/C20H15N5S/c1-2-6-12(7-3-1)16-14-9-5-4-8-13(14)15-17-18(26-20(15)24-16)19-21-10-23-25(19)11-22-17/h1-3,6-7,10-11H,4-5,8-9H2. The van der Waals surface area contributed by atoms with Gasteiger partial charge in [-0.1, -0.05) is 30.3 Å². The van der Waals surface area contributed by atoms with Gasteiger partial charge in [0.1, 0.15) is 22.2 Å². The van der Waals surface area contributed by atoms with Crippen molar-refractivity contribution in [2.24, 2.45) is 0 Å². The van der Waals surface area contributed by atoms with Gasteiger partial charge in [-0.05, 0) is 36.8 Å². The minimum absolute atomic E-state index is 0.865. The SMILES string of the molecule is c1ccc(-c2nc3sc4c(ncn5ncnc45)c3c3c2CCCC3)cc1. The van der Waals surface area contributed by atoms with Crippen molar-refractivity contribution in [3.63, 3.8) is 0 Å². The molecule has 0 saturated carbocycles. The van der Waals surface area contributed by atoms with Gasteiger partial charge in [-0.2, -0.15) is 5.10 Å². The van der Waals surface area contributed by atoms with Crippen LogP contribution in [0.25, 0.3) is 37.3 Å². The Hall–Kier alpha value is -2.86. The molecule has 4 heterocycles. The van der Waals surface area contributed by atoms with Crippen LogP contribution < -0.4 is 0 Å². The molecule has 0 aliphatic heterocycles. The quantitative estimate of drug-likeness (QED) is 0.445. The summed E-state index contributed by atoms with van der Waals surface area (Å²) in [7, 11) is 0. The number of hydrogen-bond donors (Lipinski definition) is 0. The maximum atomic E-state index is 5.11. The van der Waals surface area contributed by atoms with E-state index in [9.17, 15) is 0 Å². The topological polar surface area (TPSA) is 56.0 Å². The number of benzene rings is 1. The van der Waals surface area contributed by atoms with Crippen molar-refractivity contribution in [1.82, 2.24) is 24.6 Å². The molecular weight excluding hydrogens is 342 g/mol. The second-order valence-electron chi connectivity index (χ2n) is 6.72. The third-order valence-electron chi connectivity index (χ3n) is 5.25. The van der Waals surface area contributed by atoms with Crippen LogP contribution in [0.4, 0.5) is 0 Å². The number of rotatable bonds is 1. The maximum absolute atomic E-state index is 5.11. The average molecular weight is 357 g/mol. The van der Waals surface area contributed by atoms with E-state index in [2.05, 4.69) is 40.4 Å². The van der Waals surface area contributed by atoms with E-state index >= 15 is 0 Å². The molecule has 1 aliphatic carbocycles. The van der Waals surface area contributed by atoms with E-state index < -0.39 is 0 Å². The molecule has 126 valence electrons. The Bertz CT molecular complexity index is 1290. The third kappa shape index (κ3) is 1.90. The summed E-state index contributed by atoms with van der Waals surface area (Å²) in [6.07, 6.45) is 7.98. The molecule has 0 fully saturated rings. The van der Waals surface area contributed by atoms with E-state index in [4.69, 9.17) is 9.97 Å². The average Bonchev–Trinajstić information content (AvgIpc) is 3.32. The Labute approximate surface area is 153 Å². The lowest BCUT2D eigenvalue weighted by molar-refractivity contribution is 0.689. The number of pyridine rings is 1. The van der Waals surface area contributed by atoms with Crippen molar-refractivity contribution in [2.45, 2.75) is 25.7 Å². The van der Waals surface area contributed by atoms with Crippen molar-refractivity contribution in [1.29, 1.82) is 0 Å². The van der Waals surface area contributed by atoms with Crippen LogP contribution in [-0.2, 0) is 12.8 Å². The van der Waals surface area contributed by atoms with E-state index in [0.717, 1.165) is 39.2 Å². The van der Waals surface area contributed by atoms with Gasteiger partial charge in [0.15, 0.2) is 5.65 Å². The lowest BCUT2D eigenvalue weighted by Crippen LogP contribution is -2.07. The van der Waals surface area contributed by atoms with Gasteiger partial charge >= 0.3 is 0 Å². The van der Waals surface area contributed by atoms with Crippen molar-refractivity contribution in [3.05, 3.63) is 54.1 Å². The zero-order chi connectivity index (χ0) is 17.1. The number of fused-ring (bicyclic) bond motifs is 7. The largest absolute Gasteiger partial charge is 0.236 e. The molecule has 0 unspecified atom stereocenters. The molecule has 26 heavy (non-hydrogen) atoms. The van der Waals surface area contributed by atoms with E-state index in [1.165, 1.54) is 34.9 Å². The molecule has 6 rings (SSSR count). The lowest BCUT2D eigenvalue weighted by atomic mass is 9.87. The van der Waals surface area contributed by atoms with Crippen LogP contribution in [0.15, 0.2) is 43.0 Å². The third-order valence-corrected chi connectivity index (χ3v) is 6.32. The Morgan fingerprint density at radius 2 is 1.81 bits per heavy atom. The monoisotopic (exact) mass is 357 g/mol. The first kappa shape index (κ1) is 14.3. The van der Waals surface area contributed by atoms with Gasteiger partial charge in [-0.25, -0.2) is 19.5 Å². The van der Waals surface area contributed by atoms with Crippen LogP contribution >= 0.6 is 11.3 Å². The van der Waals surface area contributed by atoms with Crippen molar-refractivity contribution in [3.8, 4) is 11.3 Å². The minimum Gasteiger partial charge on any atom is -0.236 e. The Morgan fingerprint density at radius 1 is 0.962 bits per heavy atom. The fraction of sp³-hybridized carbons (Fsp3) is 0.200. The van der Waals surface area contributed by atoms with Crippen LogP contribution in [0.2, 0.25) is 0 Å². The Kier molecular flexibility index (Phi) is 2.93. The zero-order valence-electron chi connectivity index (χ0n) is 14.0. The fourth-order valence-corrected chi connectivity index (χ4v) is 5.23. The van der Waals surface area contributed by atoms with Crippen molar-refractivity contribution < 1.29 is 0 Å². The summed E-state index contributed by atoms with van der Waals surface area (Å²) in [5.41, 5.74) is 7.06. The lowest BCUT2D eigenvalue weighted by Gasteiger charge is -2.20. The molecule has 0 atom stereocenters. The van der Waals surface area contributed by atoms with E-state index in [-0.39, 0.29) is 0 Å². The highest BCUT2D eigenvalue weighted by molar-refractivity contribution is 7.26. The number of aromatic nitrogens is 5. The van der Waals surface area contributed by atoms with Crippen LogP contribution in [0.1, 0.15) is 24.0 Å². The van der Waals surface area contributed by atoms with E-state index in [0.29, 0.717) is 0 Å². The second-order valence-corrected chi connectivity index (χ2v) is 7.72. The summed E-state index contributed by atoms with van der Waals surface area (Å²) < 4.78 is 2.81. The first-order chi connectivity index (χ1) is 12.9. The summed E-state index contributed by atoms with van der Waals surface area (Å²) in [5, 5.41) is 5.45. The molecule has 0 radical (unpaired) electrons. The highest BCUT2D eigenvalue weighted by Gasteiger charge is 2.23. The first-order valence-corrected chi connectivity index (χ1v) is 9.69. The van der Waals surface area contributed by atoms with Gasteiger partial charge in [0, 0.05) is 10.9 Å². The summed E-state index contributed by atoms with van der Waals surface area (Å²) >= 11 is 1.68. The van der Waals surface area contributed by atoms with Crippen molar-refractivity contribution in [2.75, 3.05) is 0 Å². The second kappa shape index (κ2) is 5.32. The molecule has 5 nitrogen and oxygen atoms in total. The highest BCUT2D eigenvalue weighted by Crippen LogP contribution is 2.41. The molecule has 0 N–H and O–H groups in total. The summed E-state index contributed by atoms with van der Waals surface area (Å²) in [6.45, 7) is 0. The first-order valence-electron chi connectivity index (χ1n) is 8.88. The van der Waals surface area contributed by atoms with Gasteiger partial charge in [0.2, 0.25) is 0 Å². The molecular formula is C20H15N5S. The Balaban J connectivity index is 1.78.